The Morgan fingerprint density at radius 3 is 2.38 bits per heavy atom. The van der Waals surface area contributed by atoms with E-state index in [0.717, 1.165) is 6.07 Å². The Balaban J connectivity index is 2.30. The molecule has 0 saturated heterocycles. The minimum atomic E-state index is -4.68. The van der Waals surface area contributed by atoms with Crippen molar-refractivity contribution in [1.82, 2.24) is 0 Å². The highest BCUT2D eigenvalue weighted by Crippen LogP contribution is 2.37. The zero-order valence-corrected chi connectivity index (χ0v) is 8.12. The molecule has 1 aliphatic heterocycles. The molecule has 1 heterocycles. The van der Waals surface area contributed by atoms with Crippen molar-refractivity contribution in [2.75, 3.05) is 13.2 Å². The van der Waals surface area contributed by atoms with Gasteiger partial charge < -0.3 is 14.6 Å². The van der Waals surface area contributed by atoms with E-state index in [2.05, 4.69) is 0 Å². The SMILES string of the molecule is O[C@@H](c1ccc2c(c1)OCCO2)C(F)(F)F. The highest BCUT2D eigenvalue weighted by molar-refractivity contribution is 5.44. The number of aliphatic hydroxyl groups is 1. The molecule has 88 valence electrons. The maximum Gasteiger partial charge on any atom is 0.418 e. The number of fused-ring (bicyclic) bond motifs is 1. The van der Waals surface area contributed by atoms with Crippen LogP contribution in [0.3, 0.4) is 0 Å². The lowest BCUT2D eigenvalue weighted by Crippen LogP contribution is -2.21. The van der Waals surface area contributed by atoms with E-state index in [-0.39, 0.29) is 11.3 Å². The lowest BCUT2D eigenvalue weighted by molar-refractivity contribution is -0.206. The Hall–Kier alpha value is -1.43. The van der Waals surface area contributed by atoms with Crippen molar-refractivity contribution in [3.05, 3.63) is 23.8 Å². The van der Waals surface area contributed by atoms with Gasteiger partial charge in [0.1, 0.15) is 13.2 Å². The quantitative estimate of drug-likeness (QED) is 0.808. The van der Waals surface area contributed by atoms with Gasteiger partial charge in [0.25, 0.3) is 0 Å². The fourth-order valence-electron chi connectivity index (χ4n) is 1.42. The van der Waals surface area contributed by atoms with Gasteiger partial charge >= 0.3 is 6.18 Å². The molecule has 0 amide bonds. The van der Waals surface area contributed by atoms with Gasteiger partial charge in [-0.15, -0.1) is 0 Å². The van der Waals surface area contributed by atoms with Crippen molar-refractivity contribution in [2.45, 2.75) is 12.3 Å². The van der Waals surface area contributed by atoms with Gasteiger partial charge in [-0.05, 0) is 17.7 Å². The Morgan fingerprint density at radius 1 is 1.12 bits per heavy atom. The van der Waals surface area contributed by atoms with Crippen LogP contribution in [0.5, 0.6) is 11.5 Å². The van der Waals surface area contributed by atoms with Crippen molar-refractivity contribution < 1.29 is 27.8 Å². The van der Waals surface area contributed by atoms with Crippen LogP contribution in [0.4, 0.5) is 13.2 Å². The first-order chi connectivity index (χ1) is 7.48. The number of hydrogen-bond donors (Lipinski definition) is 1. The van der Waals surface area contributed by atoms with E-state index in [1.807, 2.05) is 0 Å². The number of halogens is 3. The van der Waals surface area contributed by atoms with Crippen LogP contribution in [0.15, 0.2) is 18.2 Å². The van der Waals surface area contributed by atoms with Gasteiger partial charge in [0.15, 0.2) is 17.6 Å². The third-order valence-electron chi connectivity index (χ3n) is 2.19. The van der Waals surface area contributed by atoms with Crippen LogP contribution in [-0.2, 0) is 0 Å². The Labute approximate surface area is 89.4 Å². The predicted molar refractivity (Wildman–Crippen MR) is 48.4 cm³/mol. The third-order valence-corrected chi connectivity index (χ3v) is 2.19. The smallest absolute Gasteiger partial charge is 0.418 e. The first-order valence-corrected chi connectivity index (χ1v) is 4.63. The van der Waals surface area contributed by atoms with Crippen molar-refractivity contribution in [1.29, 1.82) is 0 Å². The van der Waals surface area contributed by atoms with Gasteiger partial charge in [-0.2, -0.15) is 13.2 Å². The summed E-state index contributed by atoms with van der Waals surface area (Å²) in [5.41, 5.74) is -0.253. The Morgan fingerprint density at radius 2 is 1.75 bits per heavy atom. The summed E-state index contributed by atoms with van der Waals surface area (Å²) in [6, 6.07) is 3.68. The number of ether oxygens (including phenoxy) is 2. The van der Waals surface area contributed by atoms with Crippen LogP contribution < -0.4 is 9.47 Å². The lowest BCUT2D eigenvalue weighted by Gasteiger charge is -2.21. The molecule has 16 heavy (non-hydrogen) atoms. The summed E-state index contributed by atoms with van der Waals surface area (Å²) in [6.45, 7) is 0.659. The van der Waals surface area contributed by atoms with Crippen LogP contribution in [-0.4, -0.2) is 24.5 Å². The molecule has 1 aliphatic rings. The fraction of sp³-hybridized carbons (Fsp3) is 0.400. The van der Waals surface area contributed by atoms with Crippen LogP contribution in [0.25, 0.3) is 0 Å². The molecule has 1 aromatic carbocycles. The summed E-state index contributed by atoms with van der Waals surface area (Å²) in [5.74, 6) is 0.622. The minimum absolute atomic E-state index is 0.229. The molecular formula is C10H9F3O3. The summed E-state index contributed by atoms with van der Waals surface area (Å²) in [5, 5.41) is 9.04. The van der Waals surface area contributed by atoms with Crippen molar-refractivity contribution in [3.8, 4) is 11.5 Å². The normalized spacial score (nSPS) is 17.0. The maximum absolute atomic E-state index is 12.2. The first-order valence-electron chi connectivity index (χ1n) is 4.63. The Kier molecular flexibility index (Phi) is 2.67. The van der Waals surface area contributed by atoms with Gasteiger partial charge in [-0.25, -0.2) is 0 Å². The lowest BCUT2D eigenvalue weighted by atomic mass is 10.1. The molecule has 3 nitrogen and oxygen atoms in total. The summed E-state index contributed by atoms with van der Waals surface area (Å²) in [6.07, 6.45) is -7.17. The number of rotatable bonds is 1. The largest absolute Gasteiger partial charge is 0.486 e. The average molecular weight is 234 g/mol. The second-order valence-corrected chi connectivity index (χ2v) is 3.35. The minimum Gasteiger partial charge on any atom is -0.486 e. The molecule has 0 unspecified atom stereocenters. The number of benzene rings is 1. The summed E-state index contributed by atoms with van der Waals surface area (Å²) < 4.78 is 47.0. The predicted octanol–water partition coefficient (Wildman–Crippen LogP) is 2.05. The molecule has 1 atom stereocenters. The topological polar surface area (TPSA) is 38.7 Å². The maximum atomic E-state index is 12.2. The van der Waals surface area contributed by atoms with E-state index in [9.17, 15) is 13.2 Å². The molecule has 0 aromatic heterocycles. The van der Waals surface area contributed by atoms with Crippen molar-refractivity contribution >= 4 is 0 Å². The molecule has 0 aliphatic carbocycles. The van der Waals surface area contributed by atoms with Crippen molar-refractivity contribution in [3.63, 3.8) is 0 Å². The van der Waals surface area contributed by atoms with E-state index in [4.69, 9.17) is 14.6 Å². The monoisotopic (exact) mass is 234 g/mol. The number of hydrogen-bond acceptors (Lipinski definition) is 3. The molecule has 2 rings (SSSR count). The molecule has 0 radical (unpaired) electrons. The van der Waals surface area contributed by atoms with Gasteiger partial charge in [-0.3, -0.25) is 0 Å². The molecule has 0 spiro atoms. The molecule has 0 bridgehead atoms. The molecule has 1 aromatic rings. The zero-order valence-electron chi connectivity index (χ0n) is 8.12. The highest BCUT2D eigenvalue weighted by atomic mass is 19.4. The van der Waals surface area contributed by atoms with E-state index >= 15 is 0 Å². The second-order valence-electron chi connectivity index (χ2n) is 3.35. The highest BCUT2D eigenvalue weighted by Gasteiger charge is 2.39. The van der Waals surface area contributed by atoms with Gasteiger partial charge in [0.2, 0.25) is 0 Å². The van der Waals surface area contributed by atoms with Crippen LogP contribution in [0.2, 0.25) is 0 Å². The van der Waals surface area contributed by atoms with Crippen molar-refractivity contribution in [2.24, 2.45) is 0 Å². The van der Waals surface area contributed by atoms with Crippen LogP contribution in [0, 0.1) is 0 Å². The van der Waals surface area contributed by atoms with E-state index in [0.29, 0.717) is 19.0 Å². The van der Waals surface area contributed by atoms with Crippen LogP contribution >= 0.6 is 0 Å². The molecule has 0 saturated carbocycles. The molecule has 1 N–H and O–H groups in total. The third kappa shape index (κ3) is 2.06. The number of alkyl halides is 3. The van der Waals surface area contributed by atoms with E-state index in [1.54, 1.807) is 0 Å². The molecular weight excluding hydrogens is 225 g/mol. The first kappa shape index (κ1) is 11.1. The fourth-order valence-corrected chi connectivity index (χ4v) is 1.42. The van der Waals surface area contributed by atoms with E-state index in [1.165, 1.54) is 12.1 Å². The Bertz CT molecular complexity index is 389. The van der Waals surface area contributed by atoms with Gasteiger partial charge in [-0.1, -0.05) is 6.07 Å². The summed E-state index contributed by atoms with van der Waals surface area (Å²) >= 11 is 0. The molecule has 0 fully saturated rings. The second kappa shape index (κ2) is 3.86. The van der Waals surface area contributed by atoms with E-state index < -0.39 is 12.3 Å². The summed E-state index contributed by atoms with van der Waals surface area (Å²) in [7, 11) is 0. The van der Waals surface area contributed by atoms with Gasteiger partial charge in [0.05, 0.1) is 0 Å². The summed E-state index contributed by atoms with van der Waals surface area (Å²) in [4.78, 5) is 0. The standard InChI is InChI=1S/C10H9F3O3/c11-10(12,13)9(14)6-1-2-7-8(5-6)16-4-3-15-7/h1-2,5,9,14H,3-4H2/t9-/m0/s1. The zero-order chi connectivity index (χ0) is 11.8. The average Bonchev–Trinajstić information content (AvgIpc) is 2.26. The van der Waals surface area contributed by atoms with Crippen LogP contribution in [0.1, 0.15) is 11.7 Å². The number of aliphatic hydroxyl groups excluding tert-OH is 1. The molecule has 6 heteroatoms. The van der Waals surface area contributed by atoms with Gasteiger partial charge in [0, 0.05) is 0 Å².